The Morgan fingerprint density at radius 1 is 0.645 bits per heavy atom. The summed E-state index contributed by atoms with van der Waals surface area (Å²) in [6.45, 7) is 0. The van der Waals surface area contributed by atoms with Gasteiger partial charge in [-0.05, 0) is 75.5 Å². The van der Waals surface area contributed by atoms with Crippen molar-refractivity contribution in [3.8, 4) is 0 Å². The van der Waals surface area contributed by atoms with Crippen LogP contribution < -0.4 is 10.4 Å². The monoisotopic (exact) mass is 396 g/mol. The zero-order chi connectivity index (χ0) is 20.8. The summed E-state index contributed by atoms with van der Waals surface area (Å²) in [5.41, 5.74) is 9.82. The van der Waals surface area contributed by atoms with Gasteiger partial charge in [-0.25, -0.2) is 0 Å². The molecule has 0 heterocycles. The highest BCUT2D eigenvalue weighted by Crippen LogP contribution is 2.41. The Hall–Kier alpha value is -3.06. The van der Waals surface area contributed by atoms with E-state index in [1.807, 2.05) is 0 Å². The van der Waals surface area contributed by atoms with Gasteiger partial charge in [0.1, 0.15) is 7.85 Å². The zero-order valence-corrected chi connectivity index (χ0v) is 17.7. The molecule has 0 bridgehead atoms. The van der Waals surface area contributed by atoms with E-state index in [0.29, 0.717) is 5.92 Å². The van der Waals surface area contributed by atoms with Crippen LogP contribution in [-0.2, 0) is 6.42 Å². The van der Waals surface area contributed by atoms with Crippen LogP contribution >= 0.6 is 0 Å². The van der Waals surface area contributed by atoms with Crippen LogP contribution in [0.3, 0.4) is 0 Å². The van der Waals surface area contributed by atoms with Crippen LogP contribution in [-0.4, -0.2) is 7.85 Å². The maximum atomic E-state index is 6.63. The third-order valence-corrected chi connectivity index (χ3v) is 7.31. The second-order valence-corrected chi connectivity index (χ2v) is 8.99. The van der Waals surface area contributed by atoms with Gasteiger partial charge < -0.3 is 0 Å². The van der Waals surface area contributed by atoms with Gasteiger partial charge in [0.15, 0.2) is 0 Å². The van der Waals surface area contributed by atoms with Gasteiger partial charge in [-0.1, -0.05) is 91.1 Å². The molecule has 0 N–H and O–H groups in total. The smallest absolute Gasteiger partial charge is 0.102 e. The van der Waals surface area contributed by atoms with Gasteiger partial charge in [-0.3, -0.25) is 0 Å². The van der Waals surface area contributed by atoms with E-state index in [2.05, 4.69) is 91.1 Å². The number of aryl methyl sites for hydroxylation is 1. The summed E-state index contributed by atoms with van der Waals surface area (Å²) >= 11 is 0. The van der Waals surface area contributed by atoms with Crippen molar-refractivity contribution in [2.24, 2.45) is 11.8 Å². The van der Waals surface area contributed by atoms with Crippen molar-refractivity contribution >= 4 is 25.0 Å². The molecular weight excluding hydrogens is 371 g/mol. The molecule has 6 rings (SSSR count). The Morgan fingerprint density at radius 3 is 2.16 bits per heavy atom. The Kier molecular flexibility index (Phi) is 4.57. The van der Waals surface area contributed by atoms with Crippen LogP contribution in [0, 0.1) is 11.8 Å². The highest BCUT2D eigenvalue weighted by molar-refractivity contribution is 6.39. The van der Waals surface area contributed by atoms with Crippen molar-refractivity contribution in [1.82, 2.24) is 0 Å². The van der Waals surface area contributed by atoms with Gasteiger partial charge in [-0.2, -0.15) is 0 Å². The summed E-state index contributed by atoms with van der Waals surface area (Å²) < 4.78 is 0. The molecule has 2 radical (unpaired) electrons. The summed E-state index contributed by atoms with van der Waals surface area (Å²) in [6.07, 6.45) is 20.6. The summed E-state index contributed by atoms with van der Waals surface area (Å²) in [7, 11) is 6.63. The van der Waals surface area contributed by atoms with E-state index < -0.39 is 0 Å². The Labute approximate surface area is 185 Å². The van der Waals surface area contributed by atoms with Gasteiger partial charge in [-0.15, -0.1) is 5.47 Å². The maximum Gasteiger partial charge on any atom is 0.109 e. The first-order valence-electron chi connectivity index (χ1n) is 11.4. The van der Waals surface area contributed by atoms with Crippen LogP contribution in [0.4, 0.5) is 0 Å². The molecule has 0 aromatic heterocycles. The Bertz CT molecular complexity index is 1340. The van der Waals surface area contributed by atoms with Crippen molar-refractivity contribution in [2.45, 2.75) is 25.7 Å². The molecule has 4 aliphatic rings. The van der Waals surface area contributed by atoms with Gasteiger partial charge in [0.25, 0.3) is 0 Å². The van der Waals surface area contributed by atoms with Crippen molar-refractivity contribution in [3.05, 3.63) is 123 Å². The van der Waals surface area contributed by atoms with E-state index in [1.54, 1.807) is 0 Å². The Morgan fingerprint density at radius 2 is 1.32 bits per heavy atom. The molecule has 2 aromatic rings. The van der Waals surface area contributed by atoms with Crippen molar-refractivity contribution in [2.75, 3.05) is 0 Å². The molecule has 0 spiro atoms. The number of rotatable bonds is 2. The van der Waals surface area contributed by atoms with E-state index in [1.165, 1.54) is 43.9 Å². The molecule has 1 heteroatoms. The lowest BCUT2D eigenvalue weighted by molar-refractivity contribution is 0.688. The molecule has 0 nitrogen and oxygen atoms in total. The number of hydrogen-bond donors (Lipinski definition) is 0. The molecule has 0 saturated carbocycles. The quantitative estimate of drug-likeness (QED) is 0.615. The highest BCUT2D eigenvalue weighted by atomic mass is 14.3. The van der Waals surface area contributed by atoms with Crippen LogP contribution in [0.15, 0.2) is 102 Å². The van der Waals surface area contributed by atoms with E-state index in [-0.39, 0.29) is 5.92 Å². The normalized spacial score (nSPS) is 23.9. The minimum atomic E-state index is 0.263. The largest absolute Gasteiger partial charge is 0.109 e. The fraction of sp³-hybridized carbons (Fsp3) is 0.200. The molecule has 4 aliphatic carbocycles. The van der Waals surface area contributed by atoms with Crippen LogP contribution in [0.25, 0.3) is 17.1 Å². The molecule has 2 atom stereocenters. The number of allylic oxidation sites excluding steroid dienone is 9. The standard InChI is InChI=1S/C30H25B/c31-30-27-11-5-3-9-25(27)29(26-10-4-6-12-28(26)30)22-16-13-21(14-17-22)24-18-15-20-7-1-2-8-23(20)19-24/h1-13,16,19,25,27H,14-15,17-18H2. The van der Waals surface area contributed by atoms with Gasteiger partial charge in [0.05, 0.1) is 0 Å². The highest BCUT2D eigenvalue weighted by Gasteiger charge is 2.30. The molecule has 148 valence electrons. The summed E-state index contributed by atoms with van der Waals surface area (Å²) in [4.78, 5) is 0. The number of hydrogen-bond acceptors (Lipinski definition) is 0. The molecule has 2 aromatic carbocycles. The average molecular weight is 396 g/mol. The summed E-state index contributed by atoms with van der Waals surface area (Å²) in [5.74, 6) is 0.598. The van der Waals surface area contributed by atoms with Gasteiger partial charge >= 0.3 is 0 Å². The molecular formula is C30H25B. The molecule has 0 amide bonds. The first-order valence-corrected chi connectivity index (χ1v) is 11.4. The summed E-state index contributed by atoms with van der Waals surface area (Å²) in [6, 6.07) is 17.5. The maximum absolute atomic E-state index is 6.63. The first kappa shape index (κ1) is 18.7. The SMILES string of the molecule is [B]C1=c2ccccc2=C(C2=CC=C(C3=Cc4ccccc4CC3)CC2)C2C=CC=CC12. The third kappa shape index (κ3) is 3.15. The fourth-order valence-electron chi connectivity index (χ4n) is 5.71. The lowest BCUT2D eigenvalue weighted by Crippen LogP contribution is -2.40. The minimum Gasteiger partial charge on any atom is -0.102 e. The van der Waals surface area contributed by atoms with Crippen LogP contribution in [0.2, 0.25) is 0 Å². The Balaban J connectivity index is 1.44. The number of fused-ring (bicyclic) bond motifs is 3. The van der Waals surface area contributed by atoms with Gasteiger partial charge in [0.2, 0.25) is 0 Å². The molecule has 0 aliphatic heterocycles. The van der Waals surface area contributed by atoms with E-state index in [4.69, 9.17) is 7.85 Å². The van der Waals surface area contributed by atoms with Crippen molar-refractivity contribution in [1.29, 1.82) is 0 Å². The van der Waals surface area contributed by atoms with Gasteiger partial charge in [0, 0.05) is 5.92 Å². The molecule has 0 fully saturated rings. The lowest BCUT2D eigenvalue weighted by atomic mass is 9.65. The van der Waals surface area contributed by atoms with Crippen molar-refractivity contribution < 1.29 is 0 Å². The minimum absolute atomic E-state index is 0.263. The predicted octanol–water partition coefficient (Wildman–Crippen LogP) is 5.16. The summed E-state index contributed by atoms with van der Waals surface area (Å²) in [5, 5.41) is 2.52. The molecule has 0 saturated heterocycles. The lowest BCUT2D eigenvalue weighted by Gasteiger charge is -2.34. The number of benzene rings is 2. The second kappa shape index (κ2) is 7.57. The first-order chi connectivity index (χ1) is 15.3. The zero-order valence-electron chi connectivity index (χ0n) is 17.7. The topological polar surface area (TPSA) is 0 Å². The van der Waals surface area contributed by atoms with E-state index in [0.717, 1.165) is 31.2 Å². The fourth-order valence-corrected chi connectivity index (χ4v) is 5.71. The second-order valence-electron chi connectivity index (χ2n) is 8.99. The van der Waals surface area contributed by atoms with Crippen LogP contribution in [0.1, 0.15) is 30.4 Å². The molecule has 2 unspecified atom stereocenters. The predicted molar refractivity (Wildman–Crippen MR) is 132 cm³/mol. The van der Waals surface area contributed by atoms with Crippen LogP contribution in [0.5, 0.6) is 0 Å². The van der Waals surface area contributed by atoms with E-state index >= 15 is 0 Å². The van der Waals surface area contributed by atoms with E-state index in [9.17, 15) is 0 Å². The van der Waals surface area contributed by atoms with Crippen molar-refractivity contribution in [3.63, 3.8) is 0 Å². The molecule has 31 heavy (non-hydrogen) atoms. The third-order valence-electron chi connectivity index (χ3n) is 7.31. The average Bonchev–Trinajstić information content (AvgIpc) is 2.84.